The Bertz CT molecular complexity index is 502. The van der Waals surface area contributed by atoms with E-state index in [4.69, 9.17) is 5.84 Å². The van der Waals surface area contributed by atoms with Gasteiger partial charge in [-0.05, 0) is 51.8 Å². The van der Waals surface area contributed by atoms with Crippen molar-refractivity contribution in [3.8, 4) is 0 Å². The fourth-order valence-corrected chi connectivity index (χ4v) is 3.13. The maximum absolute atomic E-state index is 13.5. The molecule has 96 valence electrons. The highest BCUT2D eigenvalue weighted by Gasteiger charge is 2.15. The van der Waals surface area contributed by atoms with Crippen molar-refractivity contribution in [2.45, 2.75) is 18.9 Å². The SMILES string of the molecule is NNC(CCc1cccs1)c1cccc(F)c1Br. The predicted molar refractivity (Wildman–Crippen MR) is 76.8 cm³/mol. The van der Waals surface area contributed by atoms with Gasteiger partial charge in [0.2, 0.25) is 0 Å². The molecule has 0 aliphatic heterocycles. The van der Waals surface area contributed by atoms with Crippen molar-refractivity contribution in [1.29, 1.82) is 0 Å². The highest BCUT2D eigenvalue weighted by Crippen LogP contribution is 2.28. The Morgan fingerprint density at radius 1 is 1.33 bits per heavy atom. The normalized spacial score (nSPS) is 12.6. The van der Waals surface area contributed by atoms with Crippen LogP contribution in [-0.4, -0.2) is 0 Å². The van der Waals surface area contributed by atoms with Crippen molar-refractivity contribution in [2.75, 3.05) is 0 Å². The lowest BCUT2D eigenvalue weighted by Gasteiger charge is -2.17. The number of nitrogens with one attached hydrogen (secondary N) is 1. The maximum atomic E-state index is 13.5. The molecule has 0 spiro atoms. The van der Waals surface area contributed by atoms with Gasteiger partial charge in [-0.1, -0.05) is 18.2 Å². The average molecular weight is 329 g/mol. The van der Waals surface area contributed by atoms with Gasteiger partial charge in [-0.3, -0.25) is 11.3 Å². The van der Waals surface area contributed by atoms with Gasteiger partial charge in [-0.15, -0.1) is 11.3 Å². The Kier molecular flexibility index (Phi) is 4.88. The molecule has 0 saturated heterocycles. The molecule has 0 aliphatic rings. The van der Waals surface area contributed by atoms with Gasteiger partial charge in [0, 0.05) is 10.9 Å². The minimum atomic E-state index is -0.260. The Hall–Kier alpha value is -0.750. The van der Waals surface area contributed by atoms with Crippen LogP contribution >= 0.6 is 27.3 Å². The lowest BCUT2D eigenvalue weighted by atomic mass is 10.0. The van der Waals surface area contributed by atoms with Crippen LogP contribution in [0.3, 0.4) is 0 Å². The number of benzene rings is 1. The van der Waals surface area contributed by atoms with Crippen LogP contribution in [0.5, 0.6) is 0 Å². The van der Waals surface area contributed by atoms with Crippen LogP contribution in [0, 0.1) is 5.82 Å². The van der Waals surface area contributed by atoms with Crippen LogP contribution in [0.4, 0.5) is 4.39 Å². The number of aryl methyl sites for hydroxylation is 1. The molecule has 0 radical (unpaired) electrons. The van der Waals surface area contributed by atoms with E-state index in [9.17, 15) is 4.39 Å². The summed E-state index contributed by atoms with van der Waals surface area (Å²) >= 11 is 5.00. The Morgan fingerprint density at radius 3 is 2.83 bits per heavy atom. The number of hydrazine groups is 1. The summed E-state index contributed by atoms with van der Waals surface area (Å²) in [6, 6.07) is 9.08. The van der Waals surface area contributed by atoms with Crippen molar-refractivity contribution >= 4 is 27.3 Å². The summed E-state index contributed by atoms with van der Waals surface area (Å²) in [7, 11) is 0. The summed E-state index contributed by atoms with van der Waals surface area (Å²) in [5.41, 5.74) is 3.61. The highest BCUT2D eigenvalue weighted by molar-refractivity contribution is 9.10. The number of hydrogen-bond acceptors (Lipinski definition) is 3. The molecule has 1 aromatic carbocycles. The molecule has 2 nitrogen and oxygen atoms in total. The maximum Gasteiger partial charge on any atom is 0.137 e. The molecule has 0 bridgehead atoms. The second-order valence-electron chi connectivity index (χ2n) is 3.98. The van der Waals surface area contributed by atoms with Gasteiger partial charge in [0.05, 0.1) is 4.47 Å². The zero-order valence-corrected chi connectivity index (χ0v) is 12.1. The van der Waals surface area contributed by atoms with Crippen molar-refractivity contribution < 1.29 is 4.39 Å². The fraction of sp³-hybridized carbons (Fsp3) is 0.231. The third kappa shape index (κ3) is 3.17. The molecule has 2 aromatic rings. The molecule has 0 amide bonds. The number of halogens is 2. The smallest absolute Gasteiger partial charge is 0.137 e. The average Bonchev–Trinajstić information content (AvgIpc) is 2.88. The lowest BCUT2D eigenvalue weighted by Crippen LogP contribution is -2.28. The van der Waals surface area contributed by atoms with E-state index in [-0.39, 0.29) is 11.9 Å². The van der Waals surface area contributed by atoms with E-state index in [0.717, 1.165) is 18.4 Å². The van der Waals surface area contributed by atoms with Crippen molar-refractivity contribution in [3.63, 3.8) is 0 Å². The van der Waals surface area contributed by atoms with E-state index in [0.29, 0.717) is 4.47 Å². The fourth-order valence-electron chi connectivity index (χ4n) is 1.86. The molecule has 2 rings (SSSR count). The van der Waals surface area contributed by atoms with E-state index in [1.54, 1.807) is 17.4 Å². The van der Waals surface area contributed by atoms with E-state index in [1.165, 1.54) is 10.9 Å². The van der Waals surface area contributed by atoms with E-state index < -0.39 is 0 Å². The molecule has 1 unspecified atom stereocenters. The summed E-state index contributed by atoms with van der Waals surface area (Å²) in [5.74, 6) is 5.31. The van der Waals surface area contributed by atoms with Crippen LogP contribution in [0.1, 0.15) is 22.9 Å². The van der Waals surface area contributed by atoms with Gasteiger partial charge in [-0.25, -0.2) is 4.39 Å². The second kappa shape index (κ2) is 6.43. The molecule has 5 heteroatoms. The molecule has 3 N–H and O–H groups in total. The monoisotopic (exact) mass is 328 g/mol. The Morgan fingerprint density at radius 2 is 2.17 bits per heavy atom. The summed E-state index contributed by atoms with van der Waals surface area (Å²) in [5, 5.41) is 2.05. The number of hydrogen-bond donors (Lipinski definition) is 2. The van der Waals surface area contributed by atoms with Crippen molar-refractivity contribution in [3.05, 3.63) is 56.4 Å². The number of nitrogens with two attached hydrogens (primary N) is 1. The first-order valence-corrected chi connectivity index (χ1v) is 7.32. The zero-order chi connectivity index (χ0) is 13.0. The molecule has 0 fully saturated rings. The predicted octanol–water partition coefficient (Wildman–Crippen LogP) is 3.79. The largest absolute Gasteiger partial charge is 0.271 e. The first kappa shape index (κ1) is 13.7. The molecule has 0 saturated carbocycles. The van der Waals surface area contributed by atoms with Crippen LogP contribution in [0.25, 0.3) is 0 Å². The first-order valence-electron chi connectivity index (χ1n) is 5.64. The first-order chi connectivity index (χ1) is 8.72. The van der Waals surface area contributed by atoms with Gasteiger partial charge in [0.1, 0.15) is 5.82 Å². The third-order valence-electron chi connectivity index (χ3n) is 2.82. The van der Waals surface area contributed by atoms with Crippen molar-refractivity contribution in [2.24, 2.45) is 5.84 Å². The lowest BCUT2D eigenvalue weighted by molar-refractivity contribution is 0.510. The molecule has 0 aliphatic carbocycles. The quantitative estimate of drug-likeness (QED) is 0.647. The van der Waals surface area contributed by atoms with Crippen molar-refractivity contribution in [1.82, 2.24) is 5.43 Å². The standard InChI is InChI=1S/C13H14BrFN2S/c14-13-10(4-1-5-11(13)15)12(17-16)7-6-9-3-2-8-18-9/h1-5,8,12,17H,6-7,16H2. The summed E-state index contributed by atoms with van der Waals surface area (Å²) in [4.78, 5) is 1.31. The van der Waals surface area contributed by atoms with Crippen LogP contribution < -0.4 is 11.3 Å². The molecule has 1 heterocycles. The van der Waals surface area contributed by atoms with E-state index >= 15 is 0 Å². The minimum absolute atomic E-state index is 0.0582. The van der Waals surface area contributed by atoms with Gasteiger partial charge in [0.25, 0.3) is 0 Å². The van der Waals surface area contributed by atoms with E-state index in [2.05, 4.69) is 32.8 Å². The van der Waals surface area contributed by atoms with Gasteiger partial charge >= 0.3 is 0 Å². The van der Waals surface area contributed by atoms with Gasteiger partial charge in [-0.2, -0.15) is 0 Å². The second-order valence-corrected chi connectivity index (χ2v) is 5.81. The van der Waals surface area contributed by atoms with E-state index in [1.807, 2.05) is 12.1 Å². The Balaban J connectivity index is 2.10. The third-order valence-corrected chi connectivity index (χ3v) is 4.59. The summed E-state index contributed by atoms with van der Waals surface area (Å²) in [6.07, 6.45) is 1.76. The summed E-state index contributed by atoms with van der Waals surface area (Å²) in [6.45, 7) is 0. The molecule has 1 atom stereocenters. The molecule has 18 heavy (non-hydrogen) atoms. The molecular formula is C13H14BrFN2S. The summed E-state index contributed by atoms with van der Waals surface area (Å²) < 4.78 is 14.0. The van der Waals surface area contributed by atoms with Crippen LogP contribution in [0.15, 0.2) is 40.2 Å². The van der Waals surface area contributed by atoms with Gasteiger partial charge < -0.3 is 0 Å². The van der Waals surface area contributed by atoms with Crippen LogP contribution in [0.2, 0.25) is 0 Å². The Labute approximate surface area is 118 Å². The molecule has 1 aromatic heterocycles. The molecular weight excluding hydrogens is 315 g/mol. The number of rotatable bonds is 5. The zero-order valence-electron chi connectivity index (χ0n) is 9.70. The van der Waals surface area contributed by atoms with Gasteiger partial charge in [0.15, 0.2) is 0 Å². The highest BCUT2D eigenvalue weighted by atomic mass is 79.9. The topological polar surface area (TPSA) is 38.0 Å². The minimum Gasteiger partial charge on any atom is -0.271 e. The number of thiophene rings is 1. The van der Waals surface area contributed by atoms with Crippen LogP contribution in [-0.2, 0) is 6.42 Å².